The summed E-state index contributed by atoms with van der Waals surface area (Å²) in [6.45, 7) is 0. The number of fused-ring (bicyclic) bond motifs is 4. The molecule has 4 bridgehead atoms. The van der Waals surface area contributed by atoms with Crippen LogP contribution >= 0.6 is 0 Å². The molecule has 100 valence electrons. The molecule has 0 amide bonds. The first kappa shape index (κ1) is 11.4. The second-order valence-corrected chi connectivity index (χ2v) is 6.47. The van der Waals surface area contributed by atoms with Gasteiger partial charge < -0.3 is 4.74 Å². The Balaban J connectivity index is 1.47. The Hall–Kier alpha value is -1.38. The molecule has 0 aliphatic heterocycles. The van der Waals surface area contributed by atoms with Gasteiger partial charge >= 0.3 is 11.9 Å². The first-order valence-electron chi connectivity index (χ1n) is 7.39. The van der Waals surface area contributed by atoms with E-state index < -0.39 is 0 Å². The molecule has 3 nitrogen and oxygen atoms in total. The summed E-state index contributed by atoms with van der Waals surface area (Å²) < 4.78 is 5.13. The lowest BCUT2D eigenvalue weighted by Gasteiger charge is -2.13. The highest BCUT2D eigenvalue weighted by molar-refractivity contribution is 6.03. The molecule has 19 heavy (non-hydrogen) atoms. The molecule has 0 heterocycles. The molecule has 0 aromatic rings. The number of esters is 2. The zero-order valence-corrected chi connectivity index (χ0v) is 11.0. The second kappa shape index (κ2) is 4.06. The highest BCUT2D eigenvalue weighted by Crippen LogP contribution is 2.46. The number of carbonyl (C=O) groups is 2. The minimum Gasteiger partial charge on any atom is -0.386 e. The normalized spacial score (nSPS) is 31.6. The van der Waals surface area contributed by atoms with E-state index in [4.69, 9.17) is 4.74 Å². The predicted molar refractivity (Wildman–Crippen MR) is 69.1 cm³/mol. The van der Waals surface area contributed by atoms with Crippen molar-refractivity contribution in [3.05, 3.63) is 22.3 Å². The van der Waals surface area contributed by atoms with Crippen LogP contribution in [0.25, 0.3) is 0 Å². The van der Waals surface area contributed by atoms with E-state index in [1.54, 1.807) is 0 Å². The van der Waals surface area contributed by atoms with Crippen LogP contribution in [0.3, 0.4) is 0 Å². The molecule has 2 unspecified atom stereocenters. The third kappa shape index (κ3) is 1.78. The van der Waals surface area contributed by atoms with Gasteiger partial charge in [0, 0.05) is 11.1 Å². The molecule has 0 saturated heterocycles. The van der Waals surface area contributed by atoms with Gasteiger partial charge in [-0.2, -0.15) is 0 Å². The maximum absolute atomic E-state index is 12.1. The molecule has 0 N–H and O–H groups in total. The van der Waals surface area contributed by atoms with E-state index in [0.29, 0.717) is 11.8 Å². The molecule has 2 atom stereocenters. The molecule has 3 heteroatoms. The van der Waals surface area contributed by atoms with Gasteiger partial charge in [-0.1, -0.05) is 11.1 Å². The van der Waals surface area contributed by atoms with Crippen LogP contribution in [0.1, 0.15) is 51.4 Å². The van der Waals surface area contributed by atoms with Gasteiger partial charge in [-0.15, -0.1) is 0 Å². The average molecular weight is 258 g/mol. The van der Waals surface area contributed by atoms with Crippen molar-refractivity contribution >= 4 is 11.9 Å². The molecule has 0 aromatic carbocycles. The standard InChI is InChI=1S/C16H18O3/c17-15(13-7-9-1-3-11(13)5-9)19-16(18)14-8-10-2-4-12(14)6-10/h9-10H,1-8H2. The van der Waals surface area contributed by atoms with Crippen LogP contribution in [-0.2, 0) is 14.3 Å². The van der Waals surface area contributed by atoms with Crippen LogP contribution in [0.5, 0.6) is 0 Å². The molecule has 4 aliphatic carbocycles. The van der Waals surface area contributed by atoms with E-state index in [-0.39, 0.29) is 11.9 Å². The number of hydrogen-bond donors (Lipinski definition) is 0. The number of allylic oxidation sites excluding steroid dienone is 2. The van der Waals surface area contributed by atoms with Gasteiger partial charge in [-0.3, -0.25) is 0 Å². The monoisotopic (exact) mass is 258 g/mol. The van der Waals surface area contributed by atoms with Crippen molar-refractivity contribution in [2.45, 2.75) is 51.4 Å². The summed E-state index contributed by atoms with van der Waals surface area (Å²) in [6.07, 6.45) is 8.22. The first-order valence-corrected chi connectivity index (χ1v) is 7.39. The predicted octanol–water partition coefficient (Wildman–Crippen LogP) is 3.06. The molecule has 0 spiro atoms. The van der Waals surface area contributed by atoms with Crippen LogP contribution in [0.4, 0.5) is 0 Å². The van der Waals surface area contributed by atoms with Crippen molar-refractivity contribution in [1.82, 2.24) is 0 Å². The number of carbonyl (C=O) groups excluding carboxylic acids is 2. The van der Waals surface area contributed by atoms with Crippen LogP contribution < -0.4 is 0 Å². The van der Waals surface area contributed by atoms with Gasteiger partial charge in [0.15, 0.2) is 0 Å². The van der Waals surface area contributed by atoms with Crippen molar-refractivity contribution in [3.8, 4) is 0 Å². The fraction of sp³-hybridized carbons (Fsp3) is 0.625. The molecule has 4 rings (SSSR count). The number of ether oxygens (including phenoxy) is 1. The number of hydrogen-bond acceptors (Lipinski definition) is 3. The van der Waals surface area contributed by atoms with Gasteiger partial charge in [0.2, 0.25) is 0 Å². The van der Waals surface area contributed by atoms with Crippen molar-refractivity contribution in [3.63, 3.8) is 0 Å². The summed E-state index contributed by atoms with van der Waals surface area (Å²) in [5.41, 5.74) is 4.10. The van der Waals surface area contributed by atoms with Gasteiger partial charge in [-0.25, -0.2) is 9.59 Å². The van der Waals surface area contributed by atoms with Crippen LogP contribution in [0.2, 0.25) is 0 Å². The maximum Gasteiger partial charge on any atom is 0.341 e. The van der Waals surface area contributed by atoms with E-state index in [1.165, 1.54) is 24.0 Å². The summed E-state index contributed by atoms with van der Waals surface area (Å²) in [6, 6.07) is 0. The molecule has 4 aliphatic rings. The SMILES string of the molecule is O=C(OC(=O)C1=C2CCC(C2)C1)C1=C2CCC(C2)C1. The van der Waals surface area contributed by atoms with Gasteiger partial charge in [0.05, 0.1) is 0 Å². The highest BCUT2D eigenvalue weighted by Gasteiger charge is 2.37. The fourth-order valence-corrected chi connectivity index (χ4v) is 4.29. The molecular weight excluding hydrogens is 240 g/mol. The smallest absolute Gasteiger partial charge is 0.341 e. The first-order chi connectivity index (χ1) is 9.20. The average Bonchev–Trinajstić information content (AvgIpc) is 3.17. The maximum atomic E-state index is 12.1. The van der Waals surface area contributed by atoms with Crippen molar-refractivity contribution in [2.24, 2.45) is 11.8 Å². The van der Waals surface area contributed by atoms with Gasteiger partial charge in [0.1, 0.15) is 0 Å². The summed E-state index contributed by atoms with van der Waals surface area (Å²) in [7, 11) is 0. The minimum absolute atomic E-state index is 0.363. The fourth-order valence-electron chi connectivity index (χ4n) is 4.29. The van der Waals surface area contributed by atoms with Crippen LogP contribution in [0.15, 0.2) is 22.3 Å². The Morgan fingerprint density at radius 1 is 0.789 bits per heavy atom. The quantitative estimate of drug-likeness (QED) is 0.564. The topological polar surface area (TPSA) is 43.4 Å². The van der Waals surface area contributed by atoms with Crippen molar-refractivity contribution in [2.75, 3.05) is 0 Å². The Morgan fingerprint density at radius 2 is 1.26 bits per heavy atom. The van der Waals surface area contributed by atoms with E-state index in [2.05, 4.69) is 0 Å². The third-order valence-electron chi connectivity index (χ3n) is 5.30. The largest absolute Gasteiger partial charge is 0.386 e. The molecular formula is C16H18O3. The van der Waals surface area contributed by atoms with Gasteiger partial charge in [-0.05, 0) is 63.2 Å². The van der Waals surface area contributed by atoms with Crippen LogP contribution in [0, 0.1) is 11.8 Å². The van der Waals surface area contributed by atoms with Crippen molar-refractivity contribution in [1.29, 1.82) is 0 Å². The van der Waals surface area contributed by atoms with E-state index in [9.17, 15) is 9.59 Å². The Labute approximate surface area is 112 Å². The highest BCUT2D eigenvalue weighted by atomic mass is 16.6. The lowest BCUT2D eigenvalue weighted by atomic mass is 9.98. The van der Waals surface area contributed by atoms with E-state index in [0.717, 1.165) is 49.7 Å². The van der Waals surface area contributed by atoms with E-state index >= 15 is 0 Å². The lowest BCUT2D eigenvalue weighted by Crippen LogP contribution is -2.18. The van der Waals surface area contributed by atoms with Crippen molar-refractivity contribution < 1.29 is 14.3 Å². The number of rotatable bonds is 2. The third-order valence-corrected chi connectivity index (χ3v) is 5.30. The molecule has 0 aromatic heterocycles. The Kier molecular flexibility index (Phi) is 2.44. The zero-order chi connectivity index (χ0) is 13.0. The molecule has 0 radical (unpaired) electrons. The Bertz CT molecular complexity index is 490. The summed E-state index contributed by atoms with van der Waals surface area (Å²) in [5, 5.41) is 0. The molecule has 2 fully saturated rings. The lowest BCUT2D eigenvalue weighted by molar-refractivity contribution is -0.154. The summed E-state index contributed by atoms with van der Waals surface area (Å²) in [5.74, 6) is 0.547. The summed E-state index contributed by atoms with van der Waals surface area (Å²) in [4.78, 5) is 24.2. The zero-order valence-electron chi connectivity index (χ0n) is 11.0. The van der Waals surface area contributed by atoms with E-state index in [1.807, 2.05) is 0 Å². The second-order valence-electron chi connectivity index (χ2n) is 6.47. The molecule has 2 saturated carbocycles. The Morgan fingerprint density at radius 3 is 1.58 bits per heavy atom. The minimum atomic E-state index is -0.363. The summed E-state index contributed by atoms with van der Waals surface area (Å²) >= 11 is 0. The van der Waals surface area contributed by atoms with Crippen LogP contribution in [-0.4, -0.2) is 11.9 Å². The van der Waals surface area contributed by atoms with Gasteiger partial charge in [0.25, 0.3) is 0 Å².